The number of aromatic nitrogens is 1. The lowest BCUT2D eigenvalue weighted by Gasteiger charge is -2.47. The van der Waals surface area contributed by atoms with Gasteiger partial charge >= 0.3 is 5.97 Å². The normalized spacial score (nSPS) is 23.1. The van der Waals surface area contributed by atoms with Gasteiger partial charge in [0.2, 0.25) is 5.91 Å². The fourth-order valence-corrected chi connectivity index (χ4v) is 5.35. The summed E-state index contributed by atoms with van der Waals surface area (Å²) in [4.78, 5) is 32.3. The van der Waals surface area contributed by atoms with Crippen LogP contribution in [0.4, 0.5) is 0 Å². The van der Waals surface area contributed by atoms with Gasteiger partial charge in [0.05, 0.1) is 18.6 Å². The Morgan fingerprint density at radius 1 is 1.31 bits per heavy atom. The number of hydrogen-bond donors (Lipinski definition) is 1. The lowest BCUT2D eigenvalue weighted by atomic mass is 9.76. The molecule has 0 aliphatic carbocycles. The topological polar surface area (TPSA) is 65.6 Å². The maximum Gasteiger partial charge on any atom is 0.311 e. The molecule has 2 atom stereocenters. The van der Waals surface area contributed by atoms with E-state index in [1.165, 1.54) is 23.6 Å². The van der Waals surface area contributed by atoms with Crippen LogP contribution >= 0.6 is 0 Å². The first kappa shape index (κ1) is 20.0. The molecule has 3 heterocycles. The van der Waals surface area contributed by atoms with Crippen LogP contribution in [-0.4, -0.2) is 65.5 Å². The van der Waals surface area contributed by atoms with Gasteiger partial charge in [-0.15, -0.1) is 0 Å². The highest BCUT2D eigenvalue weighted by atomic mass is 16.5. The number of carbonyl (C=O) groups excluding carboxylic acids is 2. The van der Waals surface area contributed by atoms with E-state index in [0.29, 0.717) is 6.04 Å². The molecular formula is C23H31N3O3. The Morgan fingerprint density at radius 2 is 2.03 bits per heavy atom. The maximum atomic E-state index is 12.3. The Hall–Kier alpha value is -2.34. The number of para-hydroxylation sites is 1. The molecule has 6 nitrogen and oxygen atoms in total. The molecule has 1 aromatic carbocycles. The zero-order valence-electron chi connectivity index (χ0n) is 17.6. The summed E-state index contributed by atoms with van der Waals surface area (Å²) in [5, 5.41) is 1.31. The van der Waals surface area contributed by atoms with Crippen LogP contribution in [0.25, 0.3) is 10.9 Å². The average molecular weight is 398 g/mol. The van der Waals surface area contributed by atoms with Gasteiger partial charge in [-0.05, 0) is 44.2 Å². The van der Waals surface area contributed by atoms with Crippen LogP contribution in [0.5, 0.6) is 0 Å². The fraction of sp³-hybridized carbons (Fsp3) is 0.565. The number of esters is 1. The standard InChI is InChI=1S/C23H31N3O3/c1-16(8-9-17-15-24-20-7-5-4-6-18(17)20)26-12-10-23(11-13-26)19(22(28)29-3)14-21(27)25(23)2/h4-7,15-16,19,24H,8-14H2,1-3H3. The molecule has 6 heteroatoms. The first-order valence-corrected chi connectivity index (χ1v) is 10.6. The van der Waals surface area contributed by atoms with E-state index in [9.17, 15) is 9.59 Å². The highest BCUT2D eigenvalue weighted by molar-refractivity contribution is 5.89. The number of hydrogen-bond acceptors (Lipinski definition) is 4. The van der Waals surface area contributed by atoms with Crippen molar-refractivity contribution in [3.63, 3.8) is 0 Å². The first-order valence-electron chi connectivity index (χ1n) is 10.6. The molecule has 4 rings (SSSR count). The zero-order chi connectivity index (χ0) is 20.6. The van der Waals surface area contributed by atoms with Crippen molar-refractivity contribution < 1.29 is 14.3 Å². The molecule has 2 aliphatic heterocycles. The van der Waals surface area contributed by atoms with E-state index in [1.54, 1.807) is 0 Å². The van der Waals surface area contributed by atoms with E-state index in [-0.39, 0.29) is 29.8 Å². The van der Waals surface area contributed by atoms with E-state index in [4.69, 9.17) is 4.74 Å². The highest BCUT2D eigenvalue weighted by Gasteiger charge is 2.55. The minimum atomic E-state index is -0.378. The van der Waals surface area contributed by atoms with Gasteiger partial charge in [0.1, 0.15) is 0 Å². The molecule has 1 aromatic heterocycles. The number of nitrogens with one attached hydrogen (secondary N) is 1. The second-order valence-electron chi connectivity index (χ2n) is 8.62. The van der Waals surface area contributed by atoms with Gasteiger partial charge in [-0.2, -0.15) is 0 Å². The molecule has 2 fully saturated rings. The van der Waals surface area contributed by atoms with Crippen molar-refractivity contribution in [2.24, 2.45) is 5.92 Å². The summed E-state index contributed by atoms with van der Waals surface area (Å²) in [6.45, 7) is 4.09. The second kappa shape index (κ2) is 7.82. The third kappa shape index (κ3) is 3.44. The predicted molar refractivity (Wildman–Crippen MR) is 113 cm³/mol. The summed E-state index contributed by atoms with van der Waals surface area (Å²) in [6, 6.07) is 8.89. The molecule has 0 saturated carbocycles. The van der Waals surface area contributed by atoms with Crippen LogP contribution in [-0.2, 0) is 20.7 Å². The smallest absolute Gasteiger partial charge is 0.311 e. The number of rotatable bonds is 5. The number of likely N-dealkylation sites (tertiary alicyclic amines) is 2. The molecule has 2 saturated heterocycles. The number of fused-ring (bicyclic) bond motifs is 1. The van der Waals surface area contributed by atoms with Gasteiger partial charge in [0, 0.05) is 49.7 Å². The van der Waals surface area contributed by atoms with Gasteiger partial charge in [-0.1, -0.05) is 18.2 Å². The number of benzene rings is 1. The Bertz CT molecular complexity index is 898. The second-order valence-corrected chi connectivity index (χ2v) is 8.62. The van der Waals surface area contributed by atoms with Crippen molar-refractivity contribution >= 4 is 22.8 Å². The molecule has 156 valence electrons. The number of amides is 1. The van der Waals surface area contributed by atoms with Gasteiger partial charge in [0.15, 0.2) is 0 Å². The summed E-state index contributed by atoms with van der Waals surface area (Å²) in [5.74, 6) is -0.529. The third-order valence-electron chi connectivity index (χ3n) is 7.35. The maximum absolute atomic E-state index is 12.3. The SMILES string of the molecule is COC(=O)C1CC(=O)N(C)C12CCN(C(C)CCc1c[nH]c3ccccc13)CC2. The molecule has 0 bridgehead atoms. The van der Waals surface area contributed by atoms with E-state index in [2.05, 4.69) is 47.3 Å². The largest absolute Gasteiger partial charge is 0.469 e. The summed E-state index contributed by atoms with van der Waals surface area (Å²) in [5.41, 5.74) is 2.18. The van der Waals surface area contributed by atoms with Crippen LogP contribution in [0.1, 0.15) is 38.2 Å². The number of aryl methyl sites for hydroxylation is 1. The minimum Gasteiger partial charge on any atom is -0.469 e. The molecule has 1 spiro atoms. The Labute approximate surface area is 172 Å². The molecule has 1 amide bonds. The van der Waals surface area contributed by atoms with Crippen LogP contribution in [0.2, 0.25) is 0 Å². The average Bonchev–Trinajstić information content (AvgIpc) is 3.27. The van der Waals surface area contributed by atoms with E-state index < -0.39 is 0 Å². The Kier molecular flexibility index (Phi) is 5.38. The number of carbonyl (C=O) groups is 2. The molecule has 2 aromatic rings. The zero-order valence-corrected chi connectivity index (χ0v) is 17.6. The van der Waals surface area contributed by atoms with E-state index in [1.807, 2.05) is 11.9 Å². The highest BCUT2D eigenvalue weighted by Crippen LogP contribution is 2.43. The quantitative estimate of drug-likeness (QED) is 0.788. The van der Waals surface area contributed by atoms with Gasteiger partial charge in [0.25, 0.3) is 0 Å². The number of H-pyrrole nitrogens is 1. The Morgan fingerprint density at radius 3 is 2.76 bits per heavy atom. The van der Waals surface area contributed by atoms with Crippen molar-refractivity contribution in [2.75, 3.05) is 27.2 Å². The van der Waals surface area contributed by atoms with E-state index >= 15 is 0 Å². The molecule has 29 heavy (non-hydrogen) atoms. The summed E-state index contributed by atoms with van der Waals surface area (Å²) in [6.07, 6.45) is 6.18. The van der Waals surface area contributed by atoms with Crippen molar-refractivity contribution in [3.05, 3.63) is 36.0 Å². The molecule has 1 N–H and O–H groups in total. The van der Waals surface area contributed by atoms with Gasteiger partial charge in [-0.3, -0.25) is 9.59 Å². The lowest BCUT2D eigenvalue weighted by molar-refractivity contribution is -0.150. The fourth-order valence-electron chi connectivity index (χ4n) is 5.35. The molecule has 2 unspecified atom stereocenters. The number of methoxy groups -OCH3 is 1. The predicted octanol–water partition coefficient (Wildman–Crippen LogP) is 2.97. The lowest BCUT2D eigenvalue weighted by Crippen LogP contribution is -2.57. The monoisotopic (exact) mass is 397 g/mol. The summed E-state index contributed by atoms with van der Waals surface area (Å²) in [7, 11) is 3.27. The van der Waals surface area contributed by atoms with Crippen LogP contribution in [0.15, 0.2) is 30.5 Å². The number of aromatic amines is 1. The van der Waals surface area contributed by atoms with E-state index in [0.717, 1.165) is 38.8 Å². The van der Waals surface area contributed by atoms with Crippen molar-refractivity contribution in [2.45, 2.75) is 50.6 Å². The molecular weight excluding hydrogens is 366 g/mol. The van der Waals surface area contributed by atoms with Crippen molar-refractivity contribution in [1.29, 1.82) is 0 Å². The molecule has 0 radical (unpaired) electrons. The Balaban J connectivity index is 1.38. The van der Waals surface area contributed by atoms with Gasteiger partial charge in [-0.25, -0.2) is 0 Å². The van der Waals surface area contributed by atoms with Crippen molar-refractivity contribution in [3.8, 4) is 0 Å². The summed E-state index contributed by atoms with van der Waals surface area (Å²) >= 11 is 0. The number of piperidine rings is 1. The minimum absolute atomic E-state index is 0.0567. The van der Waals surface area contributed by atoms with Crippen LogP contribution in [0, 0.1) is 5.92 Å². The van der Waals surface area contributed by atoms with Crippen LogP contribution in [0.3, 0.4) is 0 Å². The number of ether oxygens (including phenoxy) is 1. The third-order valence-corrected chi connectivity index (χ3v) is 7.35. The van der Waals surface area contributed by atoms with Gasteiger partial charge < -0.3 is 19.5 Å². The molecule has 2 aliphatic rings. The number of nitrogens with zero attached hydrogens (tertiary/aromatic N) is 2. The first-order chi connectivity index (χ1) is 14.0. The van der Waals surface area contributed by atoms with Crippen LogP contribution < -0.4 is 0 Å². The van der Waals surface area contributed by atoms with Crippen molar-refractivity contribution in [1.82, 2.24) is 14.8 Å². The summed E-state index contributed by atoms with van der Waals surface area (Å²) < 4.78 is 5.01.